The third-order valence-corrected chi connectivity index (χ3v) is 4.49. The van der Waals surface area contributed by atoms with Crippen LogP contribution in [0.25, 0.3) is 0 Å². The van der Waals surface area contributed by atoms with E-state index in [0.717, 1.165) is 0 Å². The molecule has 0 fully saturated rings. The molecule has 9 heteroatoms. The molecule has 1 amide bonds. The summed E-state index contributed by atoms with van der Waals surface area (Å²) in [7, 11) is 5.71. The maximum Gasteiger partial charge on any atom is 0.342 e. The van der Waals surface area contributed by atoms with Crippen molar-refractivity contribution in [1.82, 2.24) is 4.90 Å². The highest BCUT2D eigenvalue weighted by molar-refractivity contribution is 6.31. The lowest BCUT2D eigenvalue weighted by Gasteiger charge is -2.19. The number of carbonyl (C=O) groups is 2. The second-order valence-corrected chi connectivity index (χ2v) is 6.34. The zero-order valence-corrected chi connectivity index (χ0v) is 17.2. The van der Waals surface area contributed by atoms with Crippen molar-refractivity contribution in [2.75, 3.05) is 35.0 Å². The second kappa shape index (κ2) is 9.97. The third kappa shape index (κ3) is 5.29. The van der Waals surface area contributed by atoms with Gasteiger partial charge in [0.05, 0.1) is 21.3 Å². The molecule has 0 aliphatic carbocycles. The molecule has 0 spiro atoms. The van der Waals surface area contributed by atoms with E-state index in [9.17, 15) is 14.0 Å². The molecule has 29 heavy (non-hydrogen) atoms. The molecule has 7 nitrogen and oxygen atoms in total. The fourth-order valence-corrected chi connectivity index (χ4v) is 2.74. The minimum absolute atomic E-state index is 0.0674. The molecule has 0 unspecified atom stereocenters. The Balaban J connectivity index is 2.07. The number of amides is 1. The Hall–Kier alpha value is -3.00. The van der Waals surface area contributed by atoms with Gasteiger partial charge < -0.3 is 23.8 Å². The van der Waals surface area contributed by atoms with Gasteiger partial charge in [0.2, 0.25) is 0 Å². The Labute approximate surface area is 172 Å². The fourth-order valence-electron chi connectivity index (χ4n) is 2.51. The van der Waals surface area contributed by atoms with E-state index in [1.807, 2.05) is 0 Å². The molecular formula is C20H21ClFNO6. The lowest BCUT2D eigenvalue weighted by atomic mass is 10.1. The maximum atomic E-state index is 13.9. The van der Waals surface area contributed by atoms with E-state index in [-0.39, 0.29) is 28.4 Å². The van der Waals surface area contributed by atoms with Gasteiger partial charge in [0.1, 0.15) is 17.1 Å². The van der Waals surface area contributed by atoms with Gasteiger partial charge in [0, 0.05) is 36.3 Å². The number of ether oxygens (including phenoxy) is 4. The highest BCUT2D eigenvalue weighted by Crippen LogP contribution is 2.34. The number of hydrogen-bond donors (Lipinski definition) is 0. The summed E-state index contributed by atoms with van der Waals surface area (Å²) in [6.07, 6.45) is 0. The Morgan fingerprint density at radius 3 is 2.24 bits per heavy atom. The molecule has 0 aliphatic heterocycles. The van der Waals surface area contributed by atoms with Gasteiger partial charge >= 0.3 is 5.97 Å². The van der Waals surface area contributed by atoms with Crippen molar-refractivity contribution in [3.05, 3.63) is 52.3 Å². The molecule has 156 valence electrons. The number of hydrogen-bond acceptors (Lipinski definition) is 6. The minimum Gasteiger partial charge on any atom is -0.496 e. The van der Waals surface area contributed by atoms with Crippen LogP contribution in [0.15, 0.2) is 30.3 Å². The number of halogens is 2. The Morgan fingerprint density at radius 2 is 1.66 bits per heavy atom. The van der Waals surface area contributed by atoms with Crippen molar-refractivity contribution in [3.63, 3.8) is 0 Å². The van der Waals surface area contributed by atoms with Crippen LogP contribution in [0, 0.1) is 5.82 Å². The van der Waals surface area contributed by atoms with Crippen LogP contribution in [0.1, 0.15) is 15.9 Å². The molecular weight excluding hydrogens is 405 g/mol. The smallest absolute Gasteiger partial charge is 0.342 e. The van der Waals surface area contributed by atoms with Gasteiger partial charge in [0.15, 0.2) is 18.1 Å². The van der Waals surface area contributed by atoms with Crippen LogP contribution in [0.2, 0.25) is 5.02 Å². The molecule has 0 aromatic heterocycles. The molecule has 0 aliphatic rings. The molecule has 0 N–H and O–H groups in total. The van der Waals surface area contributed by atoms with Crippen molar-refractivity contribution >= 4 is 23.5 Å². The Bertz CT molecular complexity index is 885. The highest BCUT2D eigenvalue weighted by Gasteiger charge is 2.21. The average molecular weight is 426 g/mol. The van der Waals surface area contributed by atoms with Gasteiger partial charge in [-0.25, -0.2) is 9.18 Å². The monoisotopic (exact) mass is 425 g/mol. The van der Waals surface area contributed by atoms with Crippen LogP contribution in [-0.4, -0.2) is 51.8 Å². The maximum absolute atomic E-state index is 13.9. The quantitative estimate of drug-likeness (QED) is 0.604. The topological polar surface area (TPSA) is 74.3 Å². The Morgan fingerprint density at radius 1 is 1.03 bits per heavy atom. The van der Waals surface area contributed by atoms with Crippen LogP contribution in [-0.2, 0) is 16.1 Å². The first-order valence-electron chi connectivity index (χ1n) is 8.46. The van der Waals surface area contributed by atoms with Crippen molar-refractivity contribution in [1.29, 1.82) is 0 Å². The minimum atomic E-state index is -0.784. The summed E-state index contributed by atoms with van der Waals surface area (Å²) >= 11 is 5.97. The largest absolute Gasteiger partial charge is 0.496 e. The number of likely N-dealkylation sites (N-methyl/N-ethyl adjacent to an activating group) is 1. The van der Waals surface area contributed by atoms with Gasteiger partial charge in [-0.2, -0.15) is 0 Å². The number of benzene rings is 2. The van der Waals surface area contributed by atoms with Crippen LogP contribution in [0.5, 0.6) is 17.2 Å². The average Bonchev–Trinajstić information content (AvgIpc) is 2.73. The first-order valence-corrected chi connectivity index (χ1v) is 8.84. The molecule has 0 saturated heterocycles. The lowest BCUT2D eigenvalue weighted by molar-refractivity contribution is -0.133. The molecule has 0 heterocycles. The van der Waals surface area contributed by atoms with Crippen LogP contribution in [0.4, 0.5) is 4.39 Å². The Kier molecular flexibility index (Phi) is 7.67. The van der Waals surface area contributed by atoms with E-state index in [2.05, 4.69) is 0 Å². The molecule has 0 saturated carbocycles. The predicted molar refractivity (Wildman–Crippen MR) is 104 cm³/mol. The fraction of sp³-hybridized carbons (Fsp3) is 0.300. The van der Waals surface area contributed by atoms with E-state index in [0.29, 0.717) is 11.5 Å². The second-order valence-electron chi connectivity index (χ2n) is 5.93. The SMILES string of the molecule is COc1cc(OC)c(C(=O)OCC(=O)N(C)Cc2c(F)cccc2Cl)cc1OC. The predicted octanol–water partition coefficient (Wildman–Crippen LogP) is 3.32. The van der Waals surface area contributed by atoms with Crippen molar-refractivity contribution in [2.45, 2.75) is 6.54 Å². The normalized spacial score (nSPS) is 10.3. The summed E-state index contributed by atoms with van der Waals surface area (Å²) in [5.41, 5.74) is 0.246. The lowest BCUT2D eigenvalue weighted by Crippen LogP contribution is -2.31. The zero-order chi connectivity index (χ0) is 21.6. The standard InChI is InChI=1S/C20H21ClFNO6/c1-23(10-13-14(21)6-5-7-15(13)22)19(24)11-29-20(25)12-8-17(27-3)18(28-4)9-16(12)26-2/h5-9H,10-11H2,1-4H3. The first kappa shape index (κ1) is 22.3. The summed E-state index contributed by atoms with van der Waals surface area (Å²) < 4.78 is 34.5. The van der Waals surface area contributed by atoms with Crippen molar-refractivity contribution in [3.8, 4) is 17.2 Å². The third-order valence-electron chi connectivity index (χ3n) is 4.14. The number of methoxy groups -OCH3 is 3. The van der Waals surface area contributed by atoms with E-state index in [1.54, 1.807) is 0 Å². The summed E-state index contributed by atoms with van der Waals surface area (Å²) in [5.74, 6) is -0.960. The molecule has 0 atom stereocenters. The van der Waals surface area contributed by atoms with Gasteiger partial charge in [-0.15, -0.1) is 0 Å². The van der Waals surface area contributed by atoms with E-state index in [4.69, 9.17) is 30.5 Å². The number of rotatable bonds is 8. The van der Waals surface area contributed by atoms with Crippen LogP contribution in [0.3, 0.4) is 0 Å². The zero-order valence-electron chi connectivity index (χ0n) is 16.5. The molecule has 2 rings (SSSR count). The summed E-state index contributed by atoms with van der Waals surface area (Å²) in [6.45, 7) is -0.611. The van der Waals surface area contributed by atoms with E-state index < -0.39 is 24.3 Å². The first-order chi connectivity index (χ1) is 13.8. The van der Waals surface area contributed by atoms with Gasteiger partial charge in [0.25, 0.3) is 5.91 Å². The summed E-state index contributed by atoms with van der Waals surface area (Å²) in [5, 5.41) is 0.205. The van der Waals surface area contributed by atoms with Gasteiger partial charge in [-0.1, -0.05) is 17.7 Å². The molecule has 0 radical (unpaired) electrons. The van der Waals surface area contributed by atoms with Crippen LogP contribution >= 0.6 is 11.6 Å². The van der Waals surface area contributed by atoms with Gasteiger partial charge in [-0.05, 0) is 12.1 Å². The highest BCUT2D eigenvalue weighted by atomic mass is 35.5. The summed E-state index contributed by atoms with van der Waals surface area (Å²) in [6, 6.07) is 7.13. The summed E-state index contributed by atoms with van der Waals surface area (Å²) in [4.78, 5) is 25.9. The number of carbonyl (C=O) groups excluding carboxylic acids is 2. The molecule has 0 bridgehead atoms. The van der Waals surface area contributed by atoms with E-state index in [1.165, 1.54) is 63.6 Å². The van der Waals surface area contributed by atoms with Crippen molar-refractivity contribution in [2.24, 2.45) is 0 Å². The number of esters is 1. The van der Waals surface area contributed by atoms with Crippen LogP contribution < -0.4 is 14.2 Å². The van der Waals surface area contributed by atoms with Crippen molar-refractivity contribution < 1.29 is 32.9 Å². The number of nitrogens with zero attached hydrogens (tertiary/aromatic N) is 1. The van der Waals surface area contributed by atoms with E-state index >= 15 is 0 Å². The molecule has 2 aromatic rings. The van der Waals surface area contributed by atoms with Gasteiger partial charge in [-0.3, -0.25) is 4.79 Å². The molecule has 2 aromatic carbocycles.